The van der Waals surface area contributed by atoms with Gasteiger partial charge in [-0.1, -0.05) is 5.92 Å². The number of anilines is 1. The van der Waals surface area contributed by atoms with Crippen LogP contribution in [0.3, 0.4) is 0 Å². The van der Waals surface area contributed by atoms with Crippen molar-refractivity contribution >= 4 is 11.6 Å². The number of halogens is 1. The number of rotatable bonds is 2. The van der Waals surface area contributed by atoms with Gasteiger partial charge in [0.15, 0.2) is 0 Å². The SMILES string of the molecule is C#CCN(C)C(=O)c1cc(N)cc(C)c1F. The van der Waals surface area contributed by atoms with E-state index in [1.165, 1.54) is 24.1 Å². The van der Waals surface area contributed by atoms with Crippen molar-refractivity contribution in [3.05, 3.63) is 29.1 Å². The molecule has 3 nitrogen and oxygen atoms in total. The van der Waals surface area contributed by atoms with E-state index in [2.05, 4.69) is 5.92 Å². The minimum atomic E-state index is -0.553. The lowest BCUT2D eigenvalue weighted by Crippen LogP contribution is -2.28. The molecule has 0 saturated carbocycles. The van der Waals surface area contributed by atoms with Crippen LogP contribution in [0, 0.1) is 25.1 Å². The highest BCUT2D eigenvalue weighted by atomic mass is 19.1. The molecule has 0 saturated heterocycles. The molecule has 1 rings (SSSR count). The molecule has 4 heteroatoms. The van der Waals surface area contributed by atoms with Crippen molar-refractivity contribution in [2.45, 2.75) is 6.92 Å². The van der Waals surface area contributed by atoms with Crippen LogP contribution in [0.5, 0.6) is 0 Å². The lowest BCUT2D eigenvalue weighted by Gasteiger charge is -2.15. The molecule has 1 aromatic carbocycles. The zero-order valence-electron chi connectivity index (χ0n) is 9.25. The van der Waals surface area contributed by atoms with Gasteiger partial charge in [0.1, 0.15) is 5.82 Å². The van der Waals surface area contributed by atoms with Crippen LogP contribution in [0.1, 0.15) is 15.9 Å². The Bertz CT molecular complexity index is 463. The van der Waals surface area contributed by atoms with Crippen molar-refractivity contribution < 1.29 is 9.18 Å². The molecular formula is C12H13FN2O. The molecule has 0 unspecified atom stereocenters. The maximum Gasteiger partial charge on any atom is 0.257 e. The van der Waals surface area contributed by atoms with Crippen molar-refractivity contribution in [3.63, 3.8) is 0 Å². The minimum Gasteiger partial charge on any atom is -0.399 e. The summed E-state index contributed by atoms with van der Waals surface area (Å²) in [5.41, 5.74) is 6.22. The number of benzene rings is 1. The number of nitrogens with zero attached hydrogens (tertiary/aromatic N) is 1. The number of hydrogen-bond donors (Lipinski definition) is 1. The average molecular weight is 220 g/mol. The van der Waals surface area contributed by atoms with E-state index in [0.29, 0.717) is 11.3 Å². The van der Waals surface area contributed by atoms with E-state index in [0.717, 1.165) is 0 Å². The molecule has 1 aromatic rings. The Morgan fingerprint density at radius 3 is 2.81 bits per heavy atom. The molecule has 1 amide bonds. The second-order valence-electron chi connectivity index (χ2n) is 3.56. The van der Waals surface area contributed by atoms with E-state index >= 15 is 0 Å². The Morgan fingerprint density at radius 1 is 1.62 bits per heavy atom. The maximum absolute atomic E-state index is 13.7. The van der Waals surface area contributed by atoms with Crippen LogP contribution in [-0.2, 0) is 0 Å². The Morgan fingerprint density at radius 2 is 2.25 bits per heavy atom. The third kappa shape index (κ3) is 2.31. The highest BCUT2D eigenvalue weighted by Crippen LogP contribution is 2.18. The molecule has 16 heavy (non-hydrogen) atoms. The van der Waals surface area contributed by atoms with Gasteiger partial charge in [-0.25, -0.2) is 4.39 Å². The van der Waals surface area contributed by atoms with Crippen LogP contribution >= 0.6 is 0 Å². The zero-order valence-corrected chi connectivity index (χ0v) is 9.25. The summed E-state index contributed by atoms with van der Waals surface area (Å²) >= 11 is 0. The monoisotopic (exact) mass is 220 g/mol. The Kier molecular flexibility index (Phi) is 3.51. The van der Waals surface area contributed by atoms with Crippen molar-refractivity contribution in [3.8, 4) is 12.3 Å². The number of nitrogens with two attached hydrogens (primary N) is 1. The van der Waals surface area contributed by atoms with E-state index in [1.807, 2.05) is 0 Å². The molecule has 0 aliphatic heterocycles. The van der Waals surface area contributed by atoms with Gasteiger partial charge in [-0.2, -0.15) is 0 Å². The number of carbonyl (C=O) groups is 1. The van der Waals surface area contributed by atoms with E-state index in [1.54, 1.807) is 6.92 Å². The van der Waals surface area contributed by atoms with Gasteiger partial charge in [0.2, 0.25) is 0 Å². The molecule has 0 spiro atoms. The van der Waals surface area contributed by atoms with Crippen molar-refractivity contribution in [1.82, 2.24) is 4.90 Å². The maximum atomic E-state index is 13.7. The van der Waals surface area contributed by atoms with E-state index in [4.69, 9.17) is 12.2 Å². The molecule has 0 aliphatic carbocycles. The second kappa shape index (κ2) is 4.67. The summed E-state index contributed by atoms with van der Waals surface area (Å²) in [5, 5.41) is 0. The number of amides is 1. The van der Waals surface area contributed by atoms with Gasteiger partial charge in [-0.15, -0.1) is 6.42 Å². The third-order valence-corrected chi connectivity index (χ3v) is 2.18. The second-order valence-corrected chi connectivity index (χ2v) is 3.56. The number of aryl methyl sites for hydroxylation is 1. The Hall–Kier alpha value is -2.02. The lowest BCUT2D eigenvalue weighted by molar-refractivity contribution is 0.0808. The minimum absolute atomic E-state index is 0.0461. The fraction of sp³-hybridized carbons (Fsp3) is 0.250. The first-order chi connectivity index (χ1) is 7.47. The first-order valence-electron chi connectivity index (χ1n) is 4.72. The number of terminal acetylenes is 1. The molecule has 0 bridgehead atoms. The van der Waals surface area contributed by atoms with Crippen LogP contribution in [0.4, 0.5) is 10.1 Å². The summed E-state index contributed by atoms with van der Waals surface area (Å²) in [7, 11) is 1.51. The van der Waals surface area contributed by atoms with Crippen LogP contribution in [0.15, 0.2) is 12.1 Å². The fourth-order valence-electron chi connectivity index (χ4n) is 1.37. The Balaban J connectivity index is 3.14. The lowest BCUT2D eigenvalue weighted by atomic mass is 10.1. The molecule has 0 fully saturated rings. The topological polar surface area (TPSA) is 46.3 Å². The summed E-state index contributed by atoms with van der Waals surface area (Å²) in [6, 6.07) is 2.80. The van der Waals surface area contributed by atoms with Crippen LogP contribution in [-0.4, -0.2) is 24.4 Å². The molecule has 0 heterocycles. The van der Waals surface area contributed by atoms with Crippen molar-refractivity contribution in [2.24, 2.45) is 0 Å². The number of nitrogen functional groups attached to an aromatic ring is 1. The first-order valence-corrected chi connectivity index (χ1v) is 4.72. The van der Waals surface area contributed by atoms with Gasteiger partial charge in [-0.3, -0.25) is 4.79 Å². The molecule has 0 aromatic heterocycles. The largest absolute Gasteiger partial charge is 0.399 e. The molecule has 0 atom stereocenters. The van der Waals surface area contributed by atoms with Gasteiger partial charge in [-0.05, 0) is 24.6 Å². The highest BCUT2D eigenvalue weighted by Gasteiger charge is 2.17. The summed E-state index contributed by atoms with van der Waals surface area (Å²) in [4.78, 5) is 13.1. The Labute approximate surface area is 94.0 Å². The summed E-state index contributed by atoms with van der Waals surface area (Å²) in [6.45, 7) is 1.69. The van der Waals surface area contributed by atoms with Crippen LogP contribution < -0.4 is 5.73 Å². The van der Waals surface area contributed by atoms with E-state index in [-0.39, 0.29) is 12.1 Å². The zero-order chi connectivity index (χ0) is 12.3. The summed E-state index contributed by atoms with van der Waals surface area (Å²) in [6.07, 6.45) is 5.08. The van der Waals surface area contributed by atoms with Crippen LogP contribution in [0.25, 0.3) is 0 Å². The third-order valence-electron chi connectivity index (χ3n) is 2.18. The van der Waals surface area contributed by atoms with E-state index < -0.39 is 11.7 Å². The van der Waals surface area contributed by atoms with Gasteiger partial charge in [0, 0.05) is 12.7 Å². The fourth-order valence-corrected chi connectivity index (χ4v) is 1.37. The van der Waals surface area contributed by atoms with Crippen LogP contribution in [0.2, 0.25) is 0 Å². The smallest absolute Gasteiger partial charge is 0.257 e. The predicted molar refractivity (Wildman–Crippen MR) is 61.3 cm³/mol. The van der Waals surface area contributed by atoms with Gasteiger partial charge >= 0.3 is 0 Å². The number of hydrogen-bond acceptors (Lipinski definition) is 2. The standard InChI is InChI=1S/C12H13FN2O/c1-4-5-15(3)12(16)10-7-9(14)6-8(2)11(10)13/h1,6-7H,5,14H2,2-3H3. The quantitative estimate of drug-likeness (QED) is 0.605. The van der Waals surface area contributed by atoms with Crippen molar-refractivity contribution in [2.75, 3.05) is 19.3 Å². The van der Waals surface area contributed by atoms with Gasteiger partial charge in [0.25, 0.3) is 5.91 Å². The summed E-state index contributed by atoms with van der Waals surface area (Å²) < 4.78 is 13.7. The first kappa shape index (κ1) is 12.1. The molecule has 0 radical (unpaired) electrons. The average Bonchev–Trinajstić information content (AvgIpc) is 2.22. The predicted octanol–water partition coefficient (Wildman–Crippen LogP) is 1.42. The van der Waals surface area contributed by atoms with E-state index in [9.17, 15) is 9.18 Å². The molecule has 2 N–H and O–H groups in total. The summed E-state index contributed by atoms with van der Waals surface area (Å²) in [5.74, 6) is 1.30. The van der Waals surface area contributed by atoms with Gasteiger partial charge in [0.05, 0.1) is 12.1 Å². The molecule has 84 valence electrons. The normalized spacial score (nSPS) is 9.62. The highest BCUT2D eigenvalue weighted by molar-refractivity contribution is 5.95. The number of carbonyl (C=O) groups excluding carboxylic acids is 1. The molecular weight excluding hydrogens is 207 g/mol. The van der Waals surface area contributed by atoms with Gasteiger partial charge < -0.3 is 10.6 Å². The van der Waals surface area contributed by atoms with Crippen molar-refractivity contribution in [1.29, 1.82) is 0 Å². The molecule has 0 aliphatic rings.